The molecule has 82 valence electrons. The second kappa shape index (κ2) is 3.71. The number of H-pyrrole nitrogens is 1. The van der Waals surface area contributed by atoms with Crippen LogP contribution in [0.15, 0.2) is 20.7 Å². The van der Waals surface area contributed by atoms with Gasteiger partial charge in [-0.2, -0.15) is 4.98 Å². The number of aromatic nitrogens is 2. The maximum atomic E-state index is 11.4. The lowest BCUT2D eigenvalue weighted by molar-refractivity contribution is 1.06. The summed E-state index contributed by atoms with van der Waals surface area (Å²) in [6.45, 7) is 0.846. The molecule has 0 spiro atoms. The smallest absolute Gasteiger partial charge is 0.347 e. The van der Waals surface area contributed by atoms with Crippen LogP contribution in [0.5, 0.6) is 0 Å². The van der Waals surface area contributed by atoms with E-state index >= 15 is 0 Å². The SMILES string of the molecule is O=c1nc2c(c(-c3ccc(Br)s3)[nH]1)CCN2. The van der Waals surface area contributed by atoms with Crippen LogP contribution in [0, 0.1) is 0 Å². The average Bonchev–Trinajstić information content (AvgIpc) is 2.84. The van der Waals surface area contributed by atoms with Gasteiger partial charge in [-0.25, -0.2) is 4.79 Å². The van der Waals surface area contributed by atoms with Crippen LogP contribution in [0.3, 0.4) is 0 Å². The molecule has 0 saturated carbocycles. The molecule has 0 amide bonds. The van der Waals surface area contributed by atoms with Gasteiger partial charge in [0.25, 0.3) is 0 Å². The minimum atomic E-state index is -0.298. The Labute approximate surface area is 104 Å². The van der Waals surface area contributed by atoms with Gasteiger partial charge in [-0.3, -0.25) is 0 Å². The predicted octanol–water partition coefficient (Wildman–Crippen LogP) is 2.23. The van der Waals surface area contributed by atoms with E-state index in [9.17, 15) is 4.79 Å². The van der Waals surface area contributed by atoms with E-state index < -0.39 is 0 Å². The Kier molecular flexibility index (Phi) is 2.33. The quantitative estimate of drug-likeness (QED) is 0.849. The van der Waals surface area contributed by atoms with Crippen LogP contribution >= 0.6 is 27.3 Å². The van der Waals surface area contributed by atoms with Gasteiger partial charge in [-0.05, 0) is 34.5 Å². The highest BCUT2D eigenvalue weighted by Crippen LogP contribution is 2.34. The number of anilines is 1. The van der Waals surface area contributed by atoms with Gasteiger partial charge in [-0.15, -0.1) is 11.3 Å². The molecule has 1 aliphatic rings. The van der Waals surface area contributed by atoms with Crippen molar-refractivity contribution >= 4 is 33.1 Å². The van der Waals surface area contributed by atoms with E-state index in [-0.39, 0.29) is 5.69 Å². The number of fused-ring (bicyclic) bond motifs is 1. The minimum Gasteiger partial charge on any atom is -0.369 e. The fourth-order valence-electron chi connectivity index (χ4n) is 1.85. The molecule has 3 heterocycles. The molecular formula is C10H8BrN3OS. The molecule has 2 aromatic rings. The standard InChI is InChI=1S/C10H8BrN3OS/c11-7-2-1-6(16-7)8-5-3-4-12-9(5)14-10(15)13-8/h1-2H,3-4H2,(H2,12,13,14,15). The number of thiophene rings is 1. The molecule has 6 heteroatoms. The molecule has 0 fully saturated rings. The first kappa shape index (κ1) is 10.0. The Hall–Kier alpha value is -1.14. The van der Waals surface area contributed by atoms with Crippen LogP contribution in [0.4, 0.5) is 5.82 Å². The second-order valence-corrected chi connectivity index (χ2v) is 5.99. The summed E-state index contributed by atoms with van der Waals surface area (Å²) in [4.78, 5) is 19.2. The zero-order chi connectivity index (χ0) is 11.1. The number of aromatic amines is 1. The van der Waals surface area contributed by atoms with Crippen LogP contribution in [0.25, 0.3) is 10.6 Å². The van der Waals surface area contributed by atoms with Gasteiger partial charge in [0, 0.05) is 12.1 Å². The van der Waals surface area contributed by atoms with Gasteiger partial charge in [0.2, 0.25) is 0 Å². The average molecular weight is 298 g/mol. The number of halogens is 1. The molecule has 0 unspecified atom stereocenters. The molecule has 0 aliphatic carbocycles. The third-order valence-electron chi connectivity index (χ3n) is 2.52. The normalized spacial score (nSPS) is 13.6. The van der Waals surface area contributed by atoms with Gasteiger partial charge in [0.15, 0.2) is 0 Å². The fourth-order valence-corrected chi connectivity index (χ4v) is 3.27. The van der Waals surface area contributed by atoms with Crippen molar-refractivity contribution in [3.63, 3.8) is 0 Å². The van der Waals surface area contributed by atoms with E-state index in [1.54, 1.807) is 11.3 Å². The topological polar surface area (TPSA) is 57.8 Å². The zero-order valence-corrected chi connectivity index (χ0v) is 10.6. The lowest BCUT2D eigenvalue weighted by Crippen LogP contribution is -2.13. The van der Waals surface area contributed by atoms with Crippen molar-refractivity contribution in [1.82, 2.24) is 9.97 Å². The largest absolute Gasteiger partial charge is 0.369 e. The first-order valence-electron chi connectivity index (χ1n) is 4.87. The molecule has 2 aromatic heterocycles. The summed E-state index contributed by atoms with van der Waals surface area (Å²) in [6.07, 6.45) is 0.907. The molecule has 0 radical (unpaired) electrons. The molecular weight excluding hydrogens is 290 g/mol. The van der Waals surface area contributed by atoms with Crippen molar-refractivity contribution in [1.29, 1.82) is 0 Å². The Morgan fingerprint density at radius 3 is 3.06 bits per heavy atom. The molecule has 0 atom stereocenters. The van der Waals surface area contributed by atoms with Crippen molar-refractivity contribution in [3.8, 4) is 10.6 Å². The summed E-state index contributed by atoms with van der Waals surface area (Å²) in [6, 6.07) is 3.98. The van der Waals surface area contributed by atoms with E-state index in [2.05, 4.69) is 31.2 Å². The Bertz CT molecular complexity index is 604. The molecule has 1 aliphatic heterocycles. The second-order valence-electron chi connectivity index (χ2n) is 3.52. The van der Waals surface area contributed by atoms with Crippen LogP contribution in [0.1, 0.15) is 5.56 Å². The summed E-state index contributed by atoms with van der Waals surface area (Å²) in [5.74, 6) is 0.725. The highest BCUT2D eigenvalue weighted by molar-refractivity contribution is 9.11. The summed E-state index contributed by atoms with van der Waals surface area (Å²) >= 11 is 5.03. The summed E-state index contributed by atoms with van der Waals surface area (Å²) in [5.41, 5.74) is 1.71. The molecule has 16 heavy (non-hydrogen) atoms. The van der Waals surface area contributed by atoms with Crippen molar-refractivity contribution in [2.24, 2.45) is 0 Å². The number of nitrogens with zero attached hydrogens (tertiary/aromatic N) is 1. The number of nitrogens with one attached hydrogen (secondary N) is 2. The summed E-state index contributed by atoms with van der Waals surface area (Å²) in [7, 11) is 0. The molecule has 2 N–H and O–H groups in total. The van der Waals surface area contributed by atoms with E-state index in [1.165, 1.54) is 0 Å². The lowest BCUT2D eigenvalue weighted by Gasteiger charge is -2.03. The van der Waals surface area contributed by atoms with Gasteiger partial charge < -0.3 is 10.3 Å². The van der Waals surface area contributed by atoms with Crippen LogP contribution < -0.4 is 11.0 Å². The van der Waals surface area contributed by atoms with Gasteiger partial charge in [0.05, 0.1) is 14.4 Å². The van der Waals surface area contributed by atoms with Gasteiger partial charge >= 0.3 is 5.69 Å². The molecule has 0 saturated heterocycles. The van der Waals surface area contributed by atoms with Crippen LogP contribution in [0.2, 0.25) is 0 Å². The van der Waals surface area contributed by atoms with E-state index in [0.29, 0.717) is 0 Å². The van der Waals surface area contributed by atoms with E-state index in [1.807, 2.05) is 12.1 Å². The number of hydrogen-bond acceptors (Lipinski definition) is 4. The fraction of sp³-hybridized carbons (Fsp3) is 0.200. The van der Waals surface area contributed by atoms with Gasteiger partial charge in [-0.1, -0.05) is 0 Å². The lowest BCUT2D eigenvalue weighted by atomic mass is 10.1. The van der Waals surface area contributed by atoms with Crippen molar-refractivity contribution in [2.45, 2.75) is 6.42 Å². The van der Waals surface area contributed by atoms with Crippen LogP contribution in [-0.4, -0.2) is 16.5 Å². The monoisotopic (exact) mass is 297 g/mol. The van der Waals surface area contributed by atoms with Crippen LogP contribution in [-0.2, 0) is 6.42 Å². The van der Waals surface area contributed by atoms with E-state index in [4.69, 9.17) is 0 Å². The van der Waals surface area contributed by atoms with Gasteiger partial charge in [0.1, 0.15) is 5.82 Å². The highest BCUT2D eigenvalue weighted by atomic mass is 79.9. The molecule has 0 bridgehead atoms. The maximum absolute atomic E-state index is 11.4. The molecule has 0 aromatic carbocycles. The Morgan fingerprint density at radius 2 is 2.31 bits per heavy atom. The highest BCUT2D eigenvalue weighted by Gasteiger charge is 2.19. The maximum Gasteiger partial charge on any atom is 0.347 e. The first-order valence-corrected chi connectivity index (χ1v) is 6.48. The molecule has 4 nitrogen and oxygen atoms in total. The number of hydrogen-bond donors (Lipinski definition) is 2. The molecule has 3 rings (SSSR count). The number of rotatable bonds is 1. The predicted molar refractivity (Wildman–Crippen MR) is 68.1 cm³/mol. The van der Waals surface area contributed by atoms with Crippen molar-refractivity contribution in [2.75, 3.05) is 11.9 Å². The van der Waals surface area contributed by atoms with Crippen molar-refractivity contribution in [3.05, 3.63) is 32.0 Å². The first-order chi connectivity index (χ1) is 7.74. The van der Waals surface area contributed by atoms with E-state index in [0.717, 1.165) is 38.7 Å². The van der Waals surface area contributed by atoms with Crippen molar-refractivity contribution < 1.29 is 0 Å². The Balaban J connectivity index is 2.24. The zero-order valence-electron chi connectivity index (χ0n) is 8.21. The summed E-state index contributed by atoms with van der Waals surface area (Å²) in [5, 5.41) is 3.12. The Morgan fingerprint density at radius 1 is 1.44 bits per heavy atom. The third-order valence-corrected chi connectivity index (χ3v) is 4.16. The third kappa shape index (κ3) is 1.58. The minimum absolute atomic E-state index is 0.298. The summed E-state index contributed by atoms with van der Waals surface area (Å²) < 4.78 is 1.06.